The van der Waals surface area contributed by atoms with Crippen LogP contribution in [0.5, 0.6) is 0 Å². The number of amides is 1. The molecule has 134 valence electrons. The highest BCUT2D eigenvalue weighted by Gasteiger charge is 2.29. The summed E-state index contributed by atoms with van der Waals surface area (Å²) in [6.07, 6.45) is 3.92. The highest BCUT2D eigenvalue weighted by molar-refractivity contribution is 6.00. The molecule has 0 radical (unpaired) electrons. The van der Waals surface area contributed by atoms with Gasteiger partial charge in [0.2, 0.25) is 0 Å². The van der Waals surface area contributed by atoms with Gasteiger partial charge in [0.25, 0.3) is 5.91 Å². The number of carbonyl (C=O) groups excluding carboxylic acids is 1. The second kappa shape index (κ2) is 7.06. The number of aromatic carboxylic acids is 1. The maximum Gasteiger partial charge on any atom is 0.352 e. The Morgan fingerprint density at radius 3 is 2.40 bits per heavy atom. The molecule has 4 rings (SSSR count). The molecule has 0 bridgehead atoms. The Balaban J connectivity index is 0.00000182. The van der Waals surface area contributed by atoms with Crippen molar-refractivity contribution in [3.05, 3.63) is 35.5 Å². The molecule has 1 aliphatic carbocycles. The number of rotatable bonds is 3. The van der Waals surface area contributed by atoms with E-state index in [4.69, 9.17) is 5.11 Å². The molecular formula is C18H22ClN3O3. The largest absolute Gasteiger partial charge is 0.477 e. The number of nitrogens with one attached hydrogen (secondary N) is 1. The van der Waals surface area contributed by atoms with Crippen molar-refractivity contribution in [2.45, 2.75) is 25.3 Å². The van der Waals surface area contributed by atoms with Crippen molar-refractivity contribution in [2.24, 2.45) is 0 Å². The summed E-state index contributed by atoms with van der Waals surface area (Å²) in [6, 6.07) is 7.62. The summed E-state index contributed by atoms with van der Waals surface area (Å²) in [5.41, 5.74) is 1.50. The van der Waals surface area contributed by atoms with E-state index in [9.17, 15) is 9.59 Å². The zero-order chi connectivity index (χ0) is 16.7. The van der Waals surface area contributed by atoms with E-state index < -0.39 is 5.97 Å². The number of carbonyl (C=O) groups is 2. The molecule has 2 heterocycles. The van der Waals surface area contributed by atoms with E-state index in [1.165, 1.54) is 19.3 Å². The first-order valence-corrected chi connectivity index (χ1v) is 8.51. The van der Waals surface area contributed by atoms with E-state index in [1.54, 1.807) is 24.3 Å². The van der Waals surface area contributed by atoms with Gasteiger partial charge in [-0.05, 0) is 37.1 Å². The molecule has 1 aromatic carbocycles. The zero-order valence-electron chi connectivity index (χ0n) is 13.9. The van der Waals surface area contributed by atoms with Crippen LogP contribution in [-0.4, -0.2) is 64.0 Å². The average molecular weight is 364 g/mol. The van der Waals surface area contributed by atoms with Crippen LogP contribution in [0.4, 0.5) is 0 Å². The summed E-state index contributed by atoms with van der Waals surface area (Å²) in [5.74, 6) is -0.963. The Morgan fingerprint density at radius 1 is 1.08 bits per heavy atom. The molecule has 1 saturated heterocycles. The summed E-state index contributed by atoms with van der Waals surface area (Å²) >= 11 is 0. The van der Waals surface area contributed by atoms with Gasteiger partial charge >= 0.3 is 5.97 Å². The number of carboxylic acids is 1. The van der Waals surface area contributed by atoms with Crippen LogP contribution in [0, 0.1) is 0 Å². The van der Waals surface area contributed by atoms with Gasteiger partial charge in [0.1, 0.15) is 5.69 Å². The van der Waals surface area contributed by atoms with Crippen molar-refractivity contribution in [3.8, 4) is 0 Å². The number of hydrogen-bond donors (Lipinski definition) is 2. The van der Waals surface area contributed by atoms with Crippen LogP contribution in [0.2, 0.25) is 0 Å². The summed E-state index contributed by atoms with van der Waals surface area (Å²) < 4.78 is 0. The Kier molecular flexibility index (Phi) is 5.01. The van der Waals surface area contributed by atoms with Gasteiger partial charge in [0, 0.05) is 48.7 Å². The molecule has 1 saturated carbocycles. The van der Waals surface area contributed by atoms with Gasteiger partial charge in [0.05, 0.1) is 0 Å². The van der Waals surface area contributed by atoms with Crippen molar-refractivity contribution >= 4 is 35.2 Å². The lowest BCUT2D eigenvalue weighted by Gasteiger charge is -2.42. The highest BCUT2D eigenvalue weighted by atomic mass is 35.5. The zero-order valence-corrected chi connectivity index (χ0v) is 14.7. The lowest BCUT2D eigenvalue weighted by Crippen LogP contribution is -2.53. The van der Waals surface area contributed by atoms with E-state index in [2.05, 4.69) is 9.88 Å². The molecule has 0 unspecified atom stereocenters. The summed E-state index contributed by atoms with van der Waals surface area (Å²) in [4.78, 5) is 31.0. The first kappa shape index (κ1) is 17.8. The van der Waals surface area contributed by atoms with Crippen LogP contribution in [0.25, 0.3) is 10.9 Å². The molecule has 1 amide bonds. The van der Waals surface area contributed by atoms with E-state index in [1.807, 2.05) is 4.90 Å². The second-order valence-electron chi connectivity index (χ2n) is 6.70. The number of nitrogens with zero attached hydrogens (tertiary/aromatic N) is 2. The smallest absolute Gasteiger partial charge is 0.352 e. The predicted octanol–water partition coefficient (Wildman–Crippen LogP) is 2.60. The number of benzene rings is 1. The third-order valence-electron chi connectivity index (χ3n) is 5.29. The molecule has 1 aliphatic heterocycles. The molecule has 1 aromatic heterocycles. The standard InChI is InChI=1S/C18H21N3O3.ClH/c22-17(21-8-6-20(7-9-21)14-2-1-3-14)12-4-5-15-13(10-12)11-16(19-15)18(23)24;/h4-5,10-11,14,19H,1-3,6-9H2,(H,23,24);1H. The third-order valence-corrected chi connectivity index (χ3v) is 5.29. The lowest BCUT2D eigenvalue weighted by atomic mass is 9.91. The summed E-state index contributed by atoms with van der Waals surface area (Å²) in [6.45, 7) is 3.43. The maximum atomic E-state index is 12.7. The van der Waals surface area contributed by atoms with Crippen LogP contribution in [-0.2, 0) is 0 Å². The fourth-order valence-electron chi connectivity index (χ4n) is 3.61. The van der Waals surface area contributed by atoms with Gasteiger partial charge in [0.15, 0.2) is 0 Å². The van der Waals surface area contributed by atoms with Crippen LogP contribution >= 0.6 is 12.4 Å². The van der Waals surface area contributed by atoms with E-state index in [0.717, 1.165) is 43.1 Å². The monoisotopic (exact) mass is 363 g/mol. The predicted molar refractivity (Wildman–Crippen MR) is 97.6 cm³/mol. The first-order chi connectivity index (χ1) is 11.6. The second-order valence-corrected chi connectivity index (χ2v) is 6.70. The molecular weight excluding hydrogens is 342 g/mol. The molecule has 7 heteroatoms. The van der Waals surface area contributed by atoms with Crippen molar-refractivity contribution in [3.63, 3.8) is 0 Å². The van der Waals surface area contributed by atoms with Crippen LogP contribution in [0.3, 0.4) is 0 Å². The topological polar surface area (TPSA) is 76.6 Å². The van der Waals surface area contributed by atoms with Gasteiger partial charge < -0.3 is 15.0 Å². The van der Waals surface area contributed by atoms with E-state index in [0.29, 0.717) is 5.56 Å². The molecule has 25 heavy (non-hydrogen) atoms. The number of fused-ring (bicyclic) bond motifs is 1. The quantitative estimate of drug-likeness (QED) is 0.878. The maximum absolute atomic E-state index is 12.7. The van der Waals surface area contributed by atoms with Gasteiger partial charge in [-0.3, -0.25) is 9.69 Å². The highest BCUT2D eigenvalue weighted by Crippen LogP contribution is 2.26. The van der Waals surface area contributed by atoms with Crippen molar-refractivity contribution in [1.29, 1.82) is 0 Å². The Bertz CT molecular complexity index is 792. The number of aromatic amines is 1. The molecule has 6 nitrogen and oxygen atoms in total. The SMILES string of the molecule is Cl.O=C(O)c1cc2cc(C(=O)N3CCN(C4CCC4)CC3)ccc2[nH]1. The molecule has 2 aliphatic rings. The molecule has 2 fully saturated rings. The van der Waals surface area contributed by atoms with Crippen molar-refractivity contribution < 1.29 is 14.7 Å². The fraction of sp³-hybridized carbons (Fsp3) is 0.444. The van der Waals surface area contributed by atoms with Crippen molar-refractivity contribution in [1.82, 2.24) is 14.8 Å². The molecule has 0 atom stereocenters. The normalized spacial score (nSPS) is 18.6. The number of aromatic nitrogens is 1. The average Bonchev–Trinajstić information content (AvgIpc) is 2.97. The Labute approximate surface area is 152 Å². The number of H-pyrrole nitrogens is 1. The van der Waals surface area contributed by atoms with Gasteiger partial charge in [-0.2, -0.15) is 0 Å². The number of halogens is 1. The lowest BCUT2D eigenvalue weighted by molar-refractivity contribution is 0.0455. The summed E-state index contributed by atoms with van der Waals surface area (Å²) in [5, 5.41) is 9.81. The fourth-order valence-corrected chi connectivity index (χ4v) is 3.61. The molecule has 2 aromatic rings. The van der Waals surface area contributed by atoms with Crippen LogP contribution < -0.4 is 0 Å². The van der Waals surface area contributed by atoms with E-state index >= 15 is 0 Å². The van der Waals surface area contributed by atoms with Gasteiger partial charge in [-0.15, -0.1) is 12.4 Å². The third kappa shape index (κ3) is 3.37. The Hall–Kier alpha value is -2.05. The number of carboxylic acid groups (broad SMARTS) is 1. The van der Waals surface area contributed by atoms with E-state index in [-0.39, 0.29) is 24.0 Å². The molecule has 0 spiro atoms. The van der Waals surface area contributed by atoms with Crippen molar-refractivity contribution in [2.75, 3.05) is 26.2 Å². The number of piperazine rings is 1. The Morgan fingerprint density at radius 2 is 1.80 bits per heavy atom. The summed E-state index contributed by atoms with van der Waals surface area (Å²) in [7, 11) is 0. The van der Waals surface area contributed by atoms with Crippen LogP contribution in [0.1, 0.15) is 40.1 Å². The minimum Gasteiger partial charge on any atom is -0.477 e. The minimum atomic E-state index is -0.994. The molecule has 2 N–H and O–H groups in total. The van der Waals surface area contributed by atoms with Gasteiger partial charge in [-0.25, -0.2) is 4.79 Å². The first-order valence-electron chi connectivity index (χ1n) is 8.51. The van der Waals surface area contributed by atoms with Crippen LogP contribution in [0.15, 0.2) is 24.3 Å². The number of hydrogen-bond acceptors (Lipinski definition) is 3. The minimum absolute atomic E-state index is 0. The van der Waals surface area contributed by atoms with Gasteiger partial charge in [-0.1, -0.05) is 6.42 Å².